The van der Waals surface area contributed by atoms with Crippen LogP contribution in [0.3, 0.4) is 0 Å². The zero-order valence-corrected chi connectivity index (χ0v) is 10.9. The van der Waals surface area contributed by atoms with Crippen LogP contribution in [0, 0.1) is 0 Å². The van der Waals surface area contributed by atoms with E-state index in [1.54, 1.807) is 0 Å². The first-order valence-corrected chi connectivity index (χ1v) is 6.52. The van der Waals surface area contributed by atoms with Crippen molar-refractivity contribution in [2.24, 2.45) is 0 Å². The average molecular weight is 280 g/mol. The molecule has 0 fully saturated rings. The van der Waals surface area contributed by atoms with Crippen molar-refractivity contribution in [2.45, 2.75) is 6.54 Å². The summed E-state index contributed by atoms with van der Waals surface area (Å²) in [6.45, 7) is 0.715. The number of nitrogens with one attached hydrogen (secondary N) is 1. The Kier molecular flexibility index (Phi) is 3.58. The van der Waals surface area contributed by atoms with E-state index in [2.05, 4.69) is 15.5 Å². The Morgan fingerprint density at radius 3 is 2.73 bits per heavy atom. The van der Waals surface area contributed by atoms with E-state index in [-0.39, 0.29) is 0 Å². The van der Waals surface area contributed by atoms with Crippen molar-refractivity contribution in [1.82, 2.24) is 15.5 Å². The van der Waals surface area contributed by atoms with Crippen molar-refractivity contribution in [3.8, 4) is 10.6 Å². The predicted molar refractivity (Wildman–Crippen MR) is 66.0 cm³/mol. The van der Waals surface area contributed by atoms with Crippen LogP contribution in [0.5, 0.6) is 0 Å². The fraction of sp³-hybridized carbons (Fsp3) is 0.250. The van der Waals surface area contributed by atoms with E-state index in [4.69, 9.17) is 23.2 Å². The number of hydrogen-bond acceptors (Lipinski definition) is 5. The van der Waals surface area contributed by atoms with Gasteiger partial charge in [-0.15, -0.1) is 21.5 Å². The van der Waals surface area contributed by atoms with Gasteiger partial charge in [-0.25, -0.2) is 0 Å². The molecule has 2 aromatic heterocycles. The van der Waals surface area contributed by atoms with Gasteiger partial charge >= 0.3 is 0 Å². The maximum atomic E-state index is 6.02. The number of rotatable bonds is 3. The first kappa shape index (κ1) is 11.3. The molecule has 0 bridgehead atoms. The maximum absolute atomic E-state index is 6.02. The Hall–Kier alpha value is -0.200. The van der Waals surface area contributed by atoms with E-state index < -0.39 is 0 Å². The summed E-state index contributed by atoms with van der Waals surface area (Å²) in [5.41, 5.74) is 0.867. The molecule has 2 aromatic rings. The van der Waals surface area contributed by atoms with E-state index >= 15 is 0 Å². The van der Waals surface area contributed by atoms with Gasteiger partial charge in [-0.3, -0.25) is 0 Å². The molecule has 7 heteroatoms. The largest absolute Gasteiger partial charge is 0.313 e. The Labute approximate surface area is 105 Å². The van der Waals surface area contributed by atoms with Crippen LogP contribution in [0.4, 0.5) is 0 Å². The SMILES string of the molecule is CNCc1nnc(-c2cc(Cl)sc2Cl)s1. The minimum absolute atomic E-state index is 0.659. The number of hydrogen-bond donors (Lipinski definition) is 1. The molecular formula is C8H7Cl2N3S2. The molecule has 0 atom stereocenters. The lowest BCUT2D eigenvalue weighted by Gasteiger charge is -1.89. The molecule has 0 unspecified atom stereocenters. The third-order valence-corrected chi connectivity index (χ3v) is 4.13. The average Bonchev–Trinajstić information content (AvgIpc) is 2.73. The number of halogens is 2. The van der Waals surface area contributed by atoms with Crippen LogP contribution < -0.4 is 5.32 Å². The van der Waals surface area contributed by atoms with Crippen molar-refractivity contribution in [3.05, 3.63) is 19.7 Å². The summed E-state index contributed by atoms with van der Waals surface area (Å²) in [7, 11) is 1.87. The smallest absolute Gasteiger partial charge is 0.150 e. The van der Waals surface area contributed by atoms with Crippen molar-refractivity contribution in [1.29, 1.82) is 0 Å². The Morgan fingerprint density at radius 1 is 1.33 bits per heavy atom. The number of thiophene rings is 1. The fourth-order valence-electron chi connectivity index (χ4n) is 1.07. The van der Waals surface area contributed by atoms with Crippen LogP contribution in [-0.4, -0.2) is 17.2 Å². The third kappa shape index (κ3) is 2.49. The van der Waals surface area contributed by atoms with E-state index in [9.17, 15) is 0 Å². The highest BCUT2D eigenvalue weighted by Crippen LogP contribution is 2.39. The van der Waals surface area contributed by atoms with Gasteiger partial charge in [-0.05, 0) is 13.1 Å². The van der Waals surface area contributed by atoms with E-state index in [1.807, 2.05) is 13.1 Å². The molecule has 0 saturated carbocycles. The molecule has 15 heavy (non-hydrogen) atoms. The van der Waals surface area contributed by atoms with Gasteiger partial charge in [0.2, 0.25) is 0 Å². The van der Waals surface area contributed by atoms with Crippen LogP contribution >= 0.6 is 45.9 Å². The van der Waals surface area contributed by atoms with Crippen LogP contribution in [0.15, 0.2) is 6.07 Å². The predicted octanol–water partition coefficient (Wildman–Crippen LogP) is 3.29. The minimum Gasteiger partial charge on any atom is -0.313 e. The first-order valence-electron chi connectivity index (χ1n) is 4.13. The summed E-state index contributed by atoms with van der Waals surface area (Å²) < 4.78 is 1.33. The maximum Gasteiger partial charge on any atom is 0.150 e. The molecule has 0 saturated heterocycles. The summed E-state index contributed by atoms with van der Waals surface area (Å²) in [4.78, 5) is 0. The van der Waals surface area contributed by atoms with Gasteiger partial charge in [0, 0.05) is 12.1 Å². The quantitative estimate of drug-likeness (QED) is 0.937. The van der Waals surface area contributed by atoms with Crippen molar-refractivity contribution in [3.63, 3.8) is 0 Å². The standard InChI is InChI=1S/C8H7Cl2N3S2/c1-11-3-6-12-13-8(15-6)4-2-5(9)14-7(4)10/h2,11H,3H2,1H3. The van der Waals surface area contributed by atoms with Crippen LogP contribution in [0.25, 0.3) is 10.6 Å². The molecule has 3 nitrogen and oxygen atoms in total. The molecule has 0 aliphatic heterocycles. The third-order valence-electron chi connectivity index (χ3n) is 1.68. The lowest BCUT2D eigenvalue weighted by Crippen LogP contribution is -2.04. The highest BCUT2D eigenvalue weighted by Gasteiger charge is 2.12. The summed E-state index contributed by atoms with van der Waals surface area (Å²) in [6.07, 6.45) is 0. The van der Waals surface area contributed by atoms with E-state index in [0.29, 0.717) is 15.2 Å². The topological polar surface area (TPSA) is 37.8 Å². The van der Waals surface area contributed by atoms with Gasteiger partial charge in [0.1, 0.15) is 14.4 Å². The van der Waals surface area contributed by atoms with Gasteiger partial charge in [-0.2, -0.15) is 0 Å². The van der Waals surface area contributed by atoms with Crippen LogP contribution in [-0.2, 0) is 6.54 Å². The monoisotopic (exact) mass is 279 g/mol. The summed E-state index contributed by atoms with van der Waals surface area (Å²) in [5, 5.41) is 12.9. The molecule has 0 spiro atoms. The van der Waals surface area contributed by atoms with Gasteiger partial charge in [0.15, 0.2) is 0 Å². The molecule has 0 radical (unpaired) electrons. The van der Waals surface area contributed by atoms with E-state index in [1.165, 1.54) is 22.7 Å². The number of nitrogens with zero attached hydrogens (tertiary/aromatic N) is 2. The van der Waals surface area contributed by atoms with Gasteiger partial charge in [0.25, 0.3) is 0 Å². The highest BCUT2D eigenvalue weighted by molar-refractivity contribution is 7.21. The first-order chi connectivity index (χ1) is 7.20. The van der Waals surface area contributed by atoms with Crippen molar-refractivity contribution in [2.75, 3.05) is 7.05 Å². The summed E-state index contributed by atoms with van der Waals surface area (Å²) in [6, 6.07) is 1.82. The van der Waals surface area contributed by atoms with Gasteiger partial charge in [-0.1, -0.05) is 34.5 Å². The molecule has 2 heterocycles. The molecule has 2 rings (SSSR count). The van der Waals surface area contributed by atoms with Crippen LogP contribution in [0.2, 0.25) is 8.67 Å². The fourth-order valence-corrected chi connectivity index (χ4v) is 3.53. The second kappa shape index (κ2) is 4.76. The molecule has 0 aliphatic rings. The molecular weight excluding hydrogens is 273 g/mol. The normalized spacial score (nSPS) is 10.9. The molecule has 0 aromatic carbocycles. The Balaban J connectivity index is 2.32. The summed E-state index contributed by atoms with van der Waals surface area (Å²) in [5.74, 6) is 0. The van der Waals surface area contributed by atoms with Crippen LogP contribution in [0.1, 0.15) is 5.01 Å². The highest BCUT2D eigenvalue weighted by atomic mass is 35.5. The summed E-state index contributed by atoms with van der Waals surface area (Å²) >= 11 is 14.7. The lowest BCUT2D eigenvalue weighted by atomic mass is 10.4. The molecule has 1 N–H and O–H groups in total. The Bertz CT molecular complexity index is 466. The van der Waals surface area contributed by atoms with Gasteiger partial charge in [0.05, 0.1) is 4.34 Å². The molecule has 0 amide bonds. The second-order valence-electron chi connectivity index (χ2n) is 2.77. The molecule has 80 valence electrons. The van der Waals surface area contributed by atoms with Gasteiger partial charge < -0.3 is 5.32 Å². The zero-order chi connectivity index (χ0) is 10.8. The second-order valence-corrected chi connectivity index (χ2v) is 6.12. The van der Waals surface area contributed by atoms with Crippen molar-refractivity contribution < 1.29 is 0 Å². The minimum atomic E-state index is 0.659. The number of aromatic nitrogens is 2. The van der Waals surface area contributed by atoms with Crippen molar-refractivity contribution >= 4 is 45.9 Å². The zero-order valence-electron chi connectivity index (χ0n) is 7.75. The van der Waals surface area contributed by atoms with E-state index in [0.717, 1.165) is 15.6 Å². The molecule has 0 aliphatic carbocycles. The lowest BCUT2D eigenvalue weighted by molar-refractivity contribution is 0.795. The Morgan fingerprint density at radius 2 is 2.13 bits per heavy atom.